The third kappa shape index (κ3) is 3.07. The Morgan fingerprint density at radius 3 is 2.88 bits per heavy atom. The highest BCUT2D eigenvalue weighted by molar-refractivity contribution is 5.38. The van der Waals surface area contributed by atoms with Crippen LogP contribution in [0.3, 0.4) is 0 Å². The number of benzene rings is 2. The molecule has 2 atom stereocenters. The Morgan fingerprint density at radius 1 is 1.20 bits per heavy atom. The van der Waals surface area contributed by atoms with Gasteiger partial charge in [-0.1, -0.05) is 12.1 Å². The molecule has 5 heteroatoms. The molecule has 4 rings (SSSR count). The minimum Gasteiger partial charge on any atom is -0.303 e. The normalized spacial score (nSPS) is 17.5. The van der Waals surface area contributed by atoms with Crippen molar-refractivity contribution in [2.75, 3.05) is 0 Å². The van der Waals surface area contributed by atoms with Crippen molar-refractivity contribution in [2.24, 2.45) is 0 Å². The van der Waals surface area contributed by atoms with Gasteiger partial charge in [-0.05, 0) is 60.7 Å². The van der Waals surface area contributed by atoms with E-state index >= 15 is 0 Å². The maximum atomic E-state index is 13.9. The second-order valence-corrected chi connectivity index (χ2v) is 6.48. The number of aromatic nitrogens is 2. The van der Waals surface area contributed by atoms with Crippen LogP contribution in [-0.4, -0.2) is 9.78 Å². The fraction of sp³-hybridized carbons (Fsp3) is 0.250. The van der Waals surface area contributed by atoms with Gasteiger partial charge in [-0.15, -0.1) is 0 Å². The van der Waals surface area contributed by atoms with E-state index in [-0.39, 0.29) is 12.1 Å². The summed E-state index contributed by atoms with van der Waals surface area (Å²) in [5, 5.41) is 7.77. The molecule has 1 aromatic heterocycles. The van der Waals surface area contributed by atoms with E-state index in [0.29, 0.717) is 12.0 Å². The monoisotopic (exact) mass is 339 g/mol. The van der Waals surface area contributed by atoms with Crippen LogP contribution < -0.4 is 5.32 Å². The second-order valence-electron chi connectivity index (χ2n) is 6.48. The molecule has 0 aliphatic heterocycles. The zero-order valence-corrected chi connectivity index (χ0v) is 13.9. The maximum absolute atomic E-state index is 13.9. The number of hydrogen-bond donors (Lipinski definition) is 1. The van der Waals surface area contributed by atoms with Crippen LogP contribution in [0.15, 0.2) is 54.9 Å². The maximum Gasteiger partial charge on any atom is 0.129 e. The van der Waals surface area contributed by atoms with Crippen LogP contribution in [0.2, 0.25) is 0 Å². The molecule has 0 amide bonds. The standard InChI is InChI=1S/C20H19F2N3/c1-13(14-4-2-5-16(10-14)25-9-3-8-23-25)24-20-7-6-17-18(20)11-15(21)12-19(17)22/h2-5,8-13,20,24H,6-7H2,1H3. The number of halogens is 2. The predicted octanol–water partition coefficient (Wildman–Crippen LogP) is 4.49. The van der Waals surface area contributed by atoms with Gasteiger partial charge in [-0.3, -0.25) is 0 Å². The van der Waals surface area contributed by atoms with E-state index in [1.165, 1.54) is 6.07 Å². The molecule has 0 bridgehead atoms. The summed E-state index contributed by atoms with van der Waals surface area (Å²) >= 11 is 0. The van der Waals surface area contributed by atoms with E-state index in [1.807, 2.05) is 35.1 Å². The van der Waals surface area contributed by atoms with Gasteiger partial charge >= 0.3 is 0 Å². The lowest BCUT2D eigenvalue weighted by Crippen LogP contribution is -2.23. The molecule has 1 aliphatic carbocycles. The minimum absolute atomic E-state index is 0.0384. The molecule has 2 unspecified atom stereocenters. The third-order valence-corrected chi connectivity index (χ3v) is 4.84. The van der Waals surface area contributed by atoms with E-state index in [2.05, 4.69) is 23.4 Å². The lowest BCUT2D eigenvalue weighted by Gasteiger charge is -2.21. The van der Waals surface area contributed by atoms with Gasteiger partial charge in [0.1, 0.15) is 11.6 Å². The highest BCUT2D eigenvalue weighted by Crippen LogP contribution is 2.35. The zero-order chi connectivity index (χ0) is 17.4. The van der Waals surface area contributed by atoms with E-state index in [1.54, 1.807) is 6.20 Å². The van der Waals surface area contributed by atoms with Crippen molar-refractivity contribution >= 4 is 0 Å². The summed E-state index contributed by atoms with van der Waals surface area (Å²) in [5.41, 5.74) is 3.47. The van der Waals surface area contributed by atoms with Crippen LogP contribution >= 0.6 is 0 Å². The third-order valence-electron chi connectivity index (χ3n) is 4.84. The van der Waals surface area contributed by atoms with E-state index in [9.17, 15) is 8.78 Å². The molecule has 0 spiro atoms. The molecule has 0 saturated carbocycles. The van der Waals surface area contributed by atoms with Crippen molar-refractivity contribution in [3.05, 3.63) is 83.2 Å². The Morgan fingerprint density at radius 2 is 2.08 bits per heavy atom. The topological polar surface area (TPSA) is 29.9 Å². The molecule has 0 fully saturated rings. The highest BCUT2D eigenvalue weighted by atomic mass is 19.1. The van der Waals surface area contributed by atoms with Crippen molar-refractivity contribution in [2.45, 2.75) is 31.8 Å². The Hall–Kier alpha value is -2.53. The Bertz CT molecular complexity index is 890. The number of fused-ring (bicyclic) bond motifs is 1. The van der Waals surface area contributed by atoms with Gasteiger partial charge < -0.3 is 5.32 Å². The van der Waals surface area contributed by atoms with Crippen LogP contribution in [0.25, 0.3) is 5.69 Å². The van der Waals surface area contributed by atoms with Gasteiger partial charge in [0.05, 0.1) is 5.69 Å². The summed E-state index contributed by atoms with van der Waals surface area (Å²) in [6, 6.07) is 12.4. The lowest BCUT2D eigenvalue weighted by molar-refractivity contribution is 0.463. The summed E-state index contributed by atoms with van der Waals surface area (Å²) in [6.45, 7) is 2.07. The molecule has 1 heterocycles. The largest absolute Gasteiger partial charge is 0.303 e. The van der Waals surface area contributed by atoms with E-state index in [0.717, 1.165) is 29.3 Å². The summed E-state index contributed by atoms with van der Waals surface area (Å²) < 4.78 is 29.3. The van der Waals surface area contributed by atoms with Crippen LogP contribution in [0, 0.1) is 11.6 Å². The lowest BCUT2D eigenvalue weighted by atomic mass is 10.0. The fourth-order valence-electron chi connectivity index (χ4n) is 3.57. The molecular formula is C20H19F2N3. The Labute approximate surface area is 145 Å². The van der Waals surface area contributed by atoms with Crippen molar-refractivity contribution < 1.29 is 8.78 Å². The quantitative estimate of drug-likeness (QED) is 0.759. The molecule has 25 heavy (non-hydrogen) atoms. The smallest absolute Gasteiger partial charge is 0.129 e. The van der Waals surface area contributed by atoms with Gasteiger partial charge in [0, 0.05) is 30.5 Å². The fourth-order valence-corrected chi connectivity index (χ4v) is 3.57. The van der Waals surface area contributed by atoms with Gasteiger partial charge in [-0.25, -0.2) is 13.5 Å². The van der Waals surface area contributed by atoms with Crippen molar-refractivity contribution in [3.63, 3.8) is 0 Å². The van der Waals surface area contributed by atoms with Crippen LogP contribution in [0.1, 0.15) is 42.1 Å². The van der Waals surface area contributed by atoms with Gasteiger partial charge in [0.2, 0.25) is 0 Å². The van der Waals surface area contributed by atoms with Gasteiger partial charge in [0.25, 0.3) is 0 Å². The average Bonchev–Trinajstić information content (AvgIpc) is 3.26. The summed E-state index contributed by atoms with van der Waals surface area (Å²) in [7, 11) is 0. The first kappa shape index (κ1) is 16.0. The van der Waals surface area contributed by atoms with Crippen LogP contribution in [-0.2, 0) is 6.42 Å². The Balaban J connectivity index is 1.56. The van der Waals surface area contributed by atoms with Gasteiger partial charge in [0.15, 0.2) is 0 Å². The zero-order valence-electron chi connectivity index (χ0n) is 13.9. The first-order chi connectivity index (χ1) is 12.1. The van der Waals surface area contributed by atoms with Gasteiger partial charge in [-0.2, -0.15) is 5.10 Å². The molecule has 3 nitrogen and oxygen atoms in total. The molecule has 0 radical (unpaired) electrons. The first-order valence-corrected chi connectivity index (χ1v) is 8.45. The number of hydrogen-bond acceptors (Lipinski definition) is 2. The van der Waals surface area contributed by atoms with Crippen LogP contribution in [0.5, 0.6) is 0 Å². The number of rotatable bonds is 4. The van der Waals surface area contributed by atoms with E-state index < -0.39 is 11.6 Å². The molecule has 2 aromatic carbocycles. The molecule has 0 saturated heterocycles. The molecule has 3 aromatic rings. The predicted molar refractivity (Wildman–Crippen MR) is 92.5 cm³/mol. The summed E-state index contributed by atoms with van der Waals surface area (Å²) in [5.74, 6) is -0.953. The SMILES string of the molecule is CC(NC1CCc2c(F)cc(F)cc21)c1cccc(-n2cccn2)c1. The molecular weight excluding hydrogens is 320 g/mol. The summed E-state index contributed by atoms with van der Waals surface area (Å²) in [4.78, 5) is 0. The Kier molecular flexibility index (Phi) is 4.09. The molecule has 1 aliphatic rings. The summed E-state index contributed by atoms with van der Waals surface area (Å²) in [6.07, 6.45) is 5.06. The highest BCUT2D eigenvalue weighted by Gasteiger charge is 2.27. The first-order valence-electron chi connectivity index (χ1n) is 8.45. The van der Waals surface area contributed by atoms with E-state index in [4.69, 9.17) is 0 Å². The minimum atomic E-state index is -0.515. The van der Waals surface area contributed by atoms with Crippen molar-refractivity contribution in [1.29, 1.82) is 0 Å². The van der Waals surface area contributed by atoms with Crippen molar-refractivity contribution in [1.82, 2.24) is 15.1 Å². The second kappa shape index (κ2) is 6.41. The van der Waals surface area contributed by atoms with Crippen LogP contribution in [0.4, 0.5) is 8.78 Å². The molecule has 1 N–H and O–H groups in total. The van der Waals surface area contributed by atoms with Crippen molar-refractivity contribution in [3.8, 4) is 5.69 Å². The molecule has 128 valence electrons. The average molecular weight is 339 g/mol. The number of nitrogens with one attached hydrogen (secondary N) is 1. The number of nitrogens with zero attached hydrogens (tertiary/aromatic N) is 2.